The zero-order valence-electron chi connectivity index (χ0n) is 16.3. The number of thioether (sulfide) groups is 1. The molecule has 1 aromatic carbocycles. The molecule has 0 fully saturated rings. The number of carboxylic acid groups (broad SMARTS) is 1. The molecule has 1 aliphatic heterocycles. The number of aromatic amines is 1. The highest BCUT2D eigenvalue weighted by Gasteiger charge is 2.17. The van der Waals surface area contributed by atoms with Crippen molar-refractivity contribution in [2.75, 3.05) is 24.5 Å². The van der Waals surface area contributed by atoms with E-state index >= 15 is 0 Å². The summed E-state index contributed by atoms with van der Waals surface area (Å²) in [6, 6.07) is 12.0. The van der Waals surface area contributed by atoms with Gasteiger partial charge in [-0.3, -0.25) is 14.7 Å². The molecule has 0 atom stereocenters. The molecule has 158 valence electrons. The van der Waals surface area contributed by atoms with Crippen LogP contribution in [0.25, 0.3) is 0 Å². The summed E-state index contributed by atoms with van der Waals surface area (Å²) < 4.78 is 5.63. The number of carbonyl (C=O) groups excluding carboxylic acids is 1. The smallest absolute Gasteiger partial charge is 0.290 e. The van der Waals surface area contributed by atoms with Gasteiger partial charge in [0, 0.05) is 25.3 Å². The molecule has 0 saturated heterocycles. The van der Waals surface area contributed by atoms with Crippen LogP contribution in [-0.2, 0) is 17.0 Å². The Hall–Kier alpha value is -3.27. The topological polar surface area (TPSA) is 124 Å². The Balaban J connectivity index is 0.000000806. The molecule has 1 amide bonds. The zero-order chi connectivity index (χ0) is 21.2. The lowest BCUT2D eigenvalue weighted by Gasteiger charge is -2.31. The van der Waals surface area contributed by atoms with Crippen LogP contribution >= 0.6 is 11.8 Å². The summed E-state index contributed by atoms with van der Waals surface area (Å²) in [5.41, 5.74) is 2.66. The highest BCUT2D eigenvalue weighted by Crippen LogP contribution is 2.26. The van der Waals surface area contributed by atoms with Crippen molar-refractivity contribution in [3.05, 3.63) is 59.8 Å². The standard InChI is InChI=1S/C19H21N5O2S.CH2O2/c25-18(17-8-7-15(26-17)12-27-19-21-13-22-23-19)20-9-11-24-10-3-5-14-4-1-2-6-16(14)24;2-1-3/h1-2,4,6-8,13H,3,5,9-12H2,(H,20,25)(H,21,22,23);1H,(H,2,3). The van der Waals surface area contributed by atoms with Gasteiger partial charge in [0.25, 0.3) is 12.4 Å². The van der Waals surface area contributed by atoms with E-state index in [4.69, 9.17) is 14.3 Å². The van der Waals surface area contributed by atoms with E-state index in [9.17, 15) is 4.79 Å². The van der Waals surface area contributed by atoms with Gasteiger partial charge < -0.3 is 19.7 Å². The molecule has 0 bridgehead atoms. The minimum atomic E-state index is -0.250. The van der Waals surface area contributed by atoms with Gasteiger partial charge in [-0.05, 0) is 36.6 Å². The number of hydrogen-bond donors (Lipinski definition) is 3. The molecule has 2 aromatic heterocycles. The van der Waals surface area contributed by atoms with E-state index in [1.165, 1.54) is 29.3 Å². The van der Waals surface area contributed by atoms with Crippen LogP contribution < -0.4 is 10.2 Å². The van der Waals surface area contributed by atoms with Crippen LogP contribution in [-0.4, -0.2) is 52.3 Å². The van der Waals surface area contributed by atoms with Crippen molar-refractivity contribution < 1.29 is 19.1 Å². The Morgan fingerprint density at radius 2 is 2.17 bits per heavy atom. The van der Waals surface area contributed by atoms with E-state index in [0.29, 0.717) is 18.1 Å². The Morgan fingerprint density at radius 1 is 1.33 bits per heavy atom. The number of nitrogens with one attached hydrogen (secondary N) is 2. The lowest BCUT2D eigenvalue weighted by molar-refractivity contribution is -0.122. The van der Waals surface area contributed by atoms with Gasteiger partial charge in [-0.2, -0.15) is 5.10 Å². The van der Waals surface area contributed by atoms with Crippen molar-refractivity contribution in [2.24, 2.45) is 0 Å². The van der Waals surface area contributed by atoms with Crippen LogP contribution in [0, 0.1) is 0 Å². The molecule has 30 heavy (non-hydrogen) atoms. The van der Waals surface area contributed by atoms with Gasteiger partial charge in [-0.25, -0.2) is 4.98 Å². The minimum absolute atomic E-state index is 0.184. The first-order valence-corrected chi connectivity index (χ1v) is 10.5. The molecule has 10 heteroatoms. The van der Waals surface area contributed by atoms with Crippen LogP contribution in [0.3, 0.4) is 0 Å². The van der Waals surface area contributed by atoms with E-state index < -0.39 is 0 Å². The maximum atomic E-state index is 12.3. The third-order valence-corrected chi connectivity index (χ3v) is 5.40. The van der Waals surface area contributed by atoms with Crippen molar-refractivity contribution in [2.45, 2.75) is 23.8 Å². The van der Waals surface area contributed by atoms with Crippen LogP contribution in [0.15, 0.2) is 52.3 Å². The maximum absolute atomic E-state index is 12.3. The third-order valence-electron chi connectivity index (χ3n) is 4.50. The summed E-state index contributed by atoms with van der Waals surface area (Å²) in [6.45, 7) is 2.14. The van der Waals surface area contributed by atoms with Crippen LogP contribution in [0.4, 0.5) is 5.69 Å². The van der Waals surface area contributed by atoms with Gasteiger partial charge in [0.1, 0.15) is 12.1 Å². The number of hydrogen-bond acceptors (Lipinski definition) is 7. The van der Waals surface area contributed by atoms with Gasteiger partial charge in [0.15, 0.2) is 10.9 Å². The summed E-state index contributed by atoms with van der Waals surface area (Å²) in [4.78, 5) is 27.1. The monoisotopic (exact) mass is 429 g/mol. The number of H-pyrrole nitrogens is 1. The largest absolute Gasteiger partial charge is 0.483 e. The maximum Gasteiger partial charge on any atom is 0.290 e. The van der Waals surface area contributed by atoms with Gasteiger partial charge >= 0.3 is 0 Å². The van der Waals surface area contributed by atoms with E-state index in [1.54, 1.807) is 6.07 Å². The molecule has 9 nitrogen and oxygen atoms in total. The Labute approximate surface area is 177 Å². The van der Waals surface area contributed by atoms with Crippen LogP contribution in [0.5, 0.6) is 0 Å². The van der Waals surface area contributed by atoms with E-state index in [2.05, 4.69) is 49.7 Å². The number of rotatable bonds is 7. The highest BCUT2D eigenvalue weighted by atomic mass is 32.2. The van der Waals surface area contributed by atoms with Gasteiger partial charge in [0.05, 0.1) is 5.75 Å². The first kappa shape index (κ1) is 21.4. The predicted molar refractivity (Wildman–Crippen MR) is 113 cm³/mol. The number of benzene rings is 1. The molecule has 4 rings (SSSR count). The summed E-state index contributed by atoms with van der Waals surface area (Å²) in [7, 11) is 0. The molecule has 1 aliphatic rings. The predicted octanol–water partition coefficient (Wildman–Crippen LogP) is 2.57. The van der Waals surface area contributed by atoms with E-state index in [1.807, 2.05) is 6.07 Å². The molecule has 3 heterocycles. The quantitative estimate of drug-likeness (QED) is 0.387. The van der Waals surface area contributed by atoms with E-state index in [-0.39, 0.29) is 12.4 Å². The molecule has 3 aromatic rings. The van der Waals surface area contributed by atoms with Crippen molar-refractivity contribution in [1.82, 2.24) is 20.5 Å². The fourth-order valence-electron chi connectivity index (χ4n) is 3.22. The van der Waals surface area contributed by atoms with Crippen molar-refractivity contribution >= 4 is 29.8 Å². The van der Waals surface area contributed by atoms with Crippen LogP contribution in [0.1, 0.15) is 28.3 Å². The molecule has 3 N–H and O–H groups in total. The van der Waals surface area contributed by atoms with Crippen molar-refractivity contribution in [1.29, 1.82) is 0 Å². The fraction of sp³-hybridized carbons (Fsp3) is 0.300. The second kappa shape index (κ2) is 11.1. The Bertz CT molecular complexity index is 944. The van der Waals surface area contributed by atoms with Gasteiger partial charge in [-0.1, -0.05) is 30.0 Å². The van der Waals surface area contributed by atoms with Crippen molar-refractivity contribution in [3.63, 3.8) is 0 Å². The number of nitrogens with zero attached hydrogens (tertiary/aromatic N) is 3. The average molecular weight is 430 g/mol. The van der Waals surface area contributed by atoms with Crippen molar-refractivity contribution in [3.8, 4) is 0 Å². The lowest BCUT2D eigenvalue weighted by Crippen LogP contribution is -2.37. The molecule has 0 aliphatic carbocycles. The summed E-state index contributed by atoms with van der Waals surface area (Å²) in [5.74, 6) is 1.47. The zero-order valence-corrected chi connectivity index (χ0v) is 17.1. The number of furan rings is 1. The third kappa shape index (κ3) is 5.86. The summed E-state index contributed by atoms with van der Waals surface area (Å²) in [6.07, 6.45) is 3.74. The molecular weight excluding hydrogens is 406 g/mol. The molecule has 0 unspecified atom stereocenters. The summed E-state index contributed by atoms with van der Waals surface area (Å²) in [5, 5.41) is 17.1. The normalized spacial score (nSPS) is 12.5. The Morgan fingerprint density at radius 3 is 2.97 bits per heavy atom. The average Bonchev–Trinajstić information content (AvgIpc) is 3.45. The lowest BCUT2D eigenvalue weighted by atomic mass is 10.0. The first-order valence-electron chi connectivity index (χ1n) is 9.47. The van der Waals surface area contributed by atoms with E-state index in [0.717, 1.165) is 36.8 Å². The fourth-order valence-corrected chi connectivity index (χ4v) is 3.89. The molecular formula is C20H23N5O4S. The highest BCUT2D eigenvalue weighted by molar-refractivity contribution is 7.98. The molecule has 0 radical (unpaired) electrons. The van der Waals surface area contributed by atoms with Crippen LogP contribution in [0.2, 0.25) is 0 Å². The molecule has 0 saturated carbocycles. The summed E-state index contributed by atoms with van der Waals surface area (Å²) >= 11 is 1.47. The SMILES string of the molecule is O=C(NCCN1CCCc2ccccc21)c1ccc(CSc2ncn[nH]2)o1.O=CO. The number of fused-ring (bicyclic) bond motifs is 1. The van der Waals surface area contributed by atoms with Gasteiger partial charge in [0.2, 0.25) is 0 Å². The molecule has 0 spiro atoms. The number of amides is 1. The second-order valence-electron chi connectivity index (χ2n) is 6.43. The Kier molecular flexibility index (Phi) is 7.90. The first-order chi connectivity index (χ1) is 14.7. The number of aryl methyl sites for hydroxylation is 1. The number of carbonyl (C=O) groups is 2. The number of aromatic nitrogens is 3. The second-order valence-corrected chi connectivity index (χ2v) is 7.39. The van der Waals surface area contributed by atoms with Gasteiger partial charge in [-0.15, -0.1) is 0 Å². The number of para-hydroxylation sites is 1. The minimum Gasteiger partial charge on any atom is -0.483 e. The number of anilines is 1.